The van der Waals surface area contributed by atoms with E-state index in [1.165, 1.54) is 0 Å². The first-order valence-electron chi connectivity index (χ1n) is 4.25. The predicted molar refractivity (Wildman–Crippen MR) is 49.6 cm³/mol. The molecule has 5 heteroatoms. The number of hydrogen-bond donors (Lipinski definition) is 0. The van der Waals surface area contributed by atoms with Crippen molar-refractivity contribution < 1.29 is 17.4 Å². The smallest absolute Gasteiger partial charge is 0.267 e. The van der Waals surface area contributed by atoms with E-state index in [0.29, 0.717) is 12.8 Å². The lowest BCUT2D eigenvalue weighted by molar-refractivity contribution is 0.396. The molecule has 0 aliphatic heterocycles. The first kappa shape index (κ1) is 12.6. The van der Waals surface area contributed by atoms with Gasteiger partial charge in [0, 0.05) is 6.42 Å². The highest BCUT2D eigenvalue weighted by atomic mass is 32.2. The number of rotatable bonds is 8. The van der Waals surface area contributed by atoms with Gasteiger partial charge in [-0.25, -0.2) is 0 Å². The summed E-state index contributed by atoms with van der Waals surface area (Å²) in [4.78, 5) is 9.80. The summed E-state index contributed by atoms with van der Waals surface area (Å²) in [7, 11) is -2.13. The molecule has 0 aliphatic rings. The molecule has 0 heterocycles. The Morgan fingerprint density at radius 2 is 1.77 bits per heavy atom. The normalized spacial score (nSPS) is 11.5. The lowest BCUT2D eigenvalue weighted by Gasteiger charge is -2.00. The maximum absolute atomic E-state index is 10.8. The van der Waals surface area contributed by atoms with Crippen LogP contribution in [-0.2, 0) is 19.1 Å². The second kappa shape index (κ2) is 7.03. The van der Waals surface area contributed by atoms with Crippen LogP contribution in [0.1, 0.15) is 32.1 Å². The highest BCUT2D eigenvalue weighted by Crippen LogP contribution is 2.04. The van der Waals surface area contributed by atoms with Gasteiger partial charge in [-0.3, -0.25) is 8.98 Å². The highest BCUT2D eigenvalue weighted by Gasteiger charge is 2.06. The Morgan fingerprint density at radius 1 is 1.15 bits per heavy atom. The summed E-state index contributed by atoms with van der Waals surface area (Å²) in [5.41, 5.74) is 0. The van der Waals surface area contributed by atoms with Gasteiger partial charge in [0.15, 0.2) is 6.29 Å². The van der Waals surface area contributed by atoms with Gasteiger partial charge in [-0.05, 0) is 12.8 Å². The van der Waals surface area contributed by atoms with E-state index in [4.69, 9.17) is 0 Å². The molecule has 0 saturated heterocycles. The molecule has 0 aromatic heterocycles. The fourth-order valence-electron chi connectivity index (χ4n) is 0.913. The first-order chi connectivity index (χ1) is 6.12. The van der Waals surface area contributed by atoms with Crippen molar-refractivity contribution in [2.45, 2.75) is 32.1 Å². The van der Waals surface area contributed by atoms with Gasteiger partial charge in [0.25, 0.3) is 10.1 Å². The Labute approximate surface area is 79.4 Å². The largest absolute Gasteiger partial charge is 0.291 e. The molecule has 0 fully saturated rings. The molecule has 0 aromatic carbocycles. The van der Waals surface area contributed by atoms with Crippen LogP contribution in [0.5, 0.6) is 0 Å². The van der Waals surface area contributed by atoms with Gasteiger partial charge in [-0.2, -0.15) is 8.42 Å². The average molecular weight is 207 g/mol. The molecule has 1 radical (unpaired) electrons. The van der Waals surface area contributed by atoms with Gasteiger partial charge in [-0.15, -0.1) is 0 Å². The van der Waals surface area contributed by atoms with Crippen LogP contribution in [0.25, 0.3) is 0 Å². The minimum absolute atomic E-state index is 0.0638. The average Bonchev–Trinajstić information content (AvgIpc) is 2.11. The zero-order valence-electron chi connectivity index (χ0n) is 7.78. The number of unbranched alkanes of at least 4 members (excludes halogenated alkanes) is 4. The topological polar surface area (TPSA) is 60.4 Å². The molecule has 0 saturated carbocycles. The van der Waals surface area contributed by atoms with Crippen molar-refractivity contribution in [1.82, 2.24) is 0 Å². The zero-order chi connectivity index (χ0) is 10.2. The minimum atomic E-state index is -3.29. The Bertz CT molecular complexity index is 220. The third-order valence-electron chi connectivity index (χ3n) is 1.68. The van der Waals surface area contributed by atoms with E-state index in [1.54, 1.807) is 6.29 Å². The second-order valence-electron chi connectivity index (χ2n) is 2.74. The monoisotopic (exact) mass is 207 g/mol. The quantitative estimate of drug-likeness (QED) is 0.440. The maximum Gasteiger partial charge on any atom is 0.267 e. The van der Waals surface area contributed by atoms with Crippen molar-refractivity contribution in [2.24, 2.45) is 0 Å². The predicted octanol–water partition coefficient (Wildman–Crippen LogP) is 1.02. The lowest BCUT2D eigenvalue weighted by atomic mass is 10.2. The summed E-state index contributed by atoms with van der Waals surface area (Å²) in [5, 5.41) is 0. The van der Waals surface area contributed by atoms with Gasteiger partial charge in [0.2, 0.25) is 0 Å². The Kier molecular flexibility index (Phi) is 6.80. The third kappa shape index (κ3) is 7.93. The summed E-state index contributed by atoms with van der Waals surface area (Å²) in [6.45, 7) is 0. The molecule has 0 atom stereocenters. The molecule has 0 bridgehead atoms. The van der Waals surface area contributed by atoms with Crippen molar-refractivity contribution >= 4 is 16.4 Å². The molecular weight excluding hydrogens is 192 g/mol. The van der Waals surface area contributed by atoms with Crippen molar-refractivity contribution in [3.8, 4) is 0 Å². The molecule has 0 spiro atoms. The van der Waals surface area contributed by atoms with E-state index in [0.717, 1.165) is 26.4 Å². The van der Waals surface area contributed by atoms with Crippen LogP contribution in [0.3, 0.4) is 0 Å². The van der Waals surface area contributed by atoms with Gasteiger partial charge in [0.1, 0.15) is 0 Å². The molecule has 77 valence electrons. The molecule has 0 N–H and O–H groups in total. The summed E-state index contributed by atoms with van der Waals surface area (Å²) >= 11 is 0. The van der Waals surface area contributed by atoms with Crippen LogP contribution < -0.4 is 0 Å². The van der Waals surface area contributed by atoms with E-state index in [1.807, 2.05) is 0 Å². The Hall–Kier alpha value is -0.420. The van der Waals surface area contributed by atoms with Crippen LogP contribution >= 0.6 is 0 Å². The third-order valence-corrected chi connectivity index (χ3v) is 2.97. The maximum atomic E-state index is 10.8. The summed E-state index contributed by atoms with van der Waals surface area (Å²) in [6, 6.07) is 0. The molecular formula is C8H15O4S. The van der Waals surface area contributed by atoms with Crippen LogP contribution in [0.2, 0.25) is 0 Å². The summed E-state index contributed by atoms with van der Waals surface area (Å²) < 4.78 is 25.9. The number of carbonyl (C=O) groups excluding carboxylic acids is 1. The molecule has 4 nitrogen and oxygen atoms in total. The van der Waals surface area contributed by atoms with Crippen molar-refractivity contribution in [3.05, 3.63) is 0 Å². The van der Waals surface area contributed by atoms with E-state index in [2.05, 4.69) is 4.18 Å². The molecule has 13 heavy (non-hydrogen) atoms. The van der Waals surface area contributed by atoms with Gasteiger partial charge in [0.05, 0.1) is 12.9 Å². The molecule has 0 unspecified atom stereocenters. The van der Waals surface area contributed by atoms with Crippen LogP contribution in [0.4, 0.5) is 0 Å². The van der Waals surface area contributed by atoms with Crippen molar-refractivity contribution in [3.63, 3.8) is 0 Å². The van der Waals surface area contributed by atoms with E-state index in [9.17, 15) is 13.2 Å². The van der Waals surface area contributed by atoms with Crippen molar-refractivity contribution in [1.29, 1.82) is 0 Å². The second-order valence-corrected chi connectivity index (χ2v) is 4.59. The number of hydrogen-bond acceptors (Lipinski definition) is 4. The molecule has 0 aromatic rings. The summed E-state index contributed by atoms with van der Waals surface area (Å²) in [5.74, 6) is 0.0638. The SMILES string of the molecule is COS(=O)(=O)CCCCCC[C]=O. The Balaban J connectivity index is 3.31. The van der Waals surface area contributed by atoms with Gasteiger partial charge in [-0.1, -0.05) is 12.8 Å². The minimum Gasteiger partial charge on any atom is -0.291 e. The molecule has 0 aliphatic carbocycles. The molecule has 0 rings (SSSR count). The van der Waals surface area contributed by atoms with Crippen LogP contribution in [0.15, 0.2) is 0 Å². The van der Waals surface area contributed by atoms with Crippen molar-refractivity contribution in [2.75, 3.05) is 12.9 Å². The Morgan fingerprint density at radius 3 is 2.31 bits per heavy atom. The van der Waals surface area contributed by atoms with Gasteiger partial charge < -0.3 is 0 Å². The standard InChI is InChI=1S/C8H15O4S/c1-12-13(10,11)8-6-4-2-3-5-7-9/h2-6,8H2,1H3. The van der Waals surface area contributed by atoms with E-state index >= 15 is 0 Å². The summed E-state index contributed by atoms with van der Waals surface area (Å²) in [6.07, 6.45) is 5.29. The van der Waals surface area contributed by atoms with E-state index < -0.39 is 10.1 Å². The first-order valence-corrected chi connectivity index (χ1v) is 5.83. The lowest BCUT2D eigenvalue weighted by Crippen LogP contribution is -2.07. The fraction of sp³-hybridized carbons (Fsp3) is 0.875. The highest BCUT2D eigenvalue weighted by molar-refractivity contribution is 7.86. The molecule has 0 amide bonds. The van der Waals surface area contributed by atoms with Crippen LogP contribution in [-0.4, -0.2) is 27.6 Å². The fourth-order valence-corrected chi connectivity index (χ4v) is 1.64. The van der Waals surface area contributed by atoms with Gasteiger partial charge >= 0.3 is 0 Å². The van der Waals surface area contributed by atoms with Crippen LogP contribution in [0, 0.1) is 0 Å². The zero-order valence-corrected chi connectivity index (χ0v) is 8.60. The van der Waals surface area contributed by atoms with E-state index in [-0.39, 0.29) is 5.75 Å².